The monoisotopic (exact) mass is 291 g/mol. The summed E-state index contributed by atoms with van der Waals surface area (Å²) in [5.74, 6) is 1.08. The van der Waals surface area contributed by atoms with Crippen molar-refractivity contribution in [2.45, 2.75) is 13.7 Å². The van der Waals surface area contributed by atoms with Crippen molar-refractivity contribution in [3.8, 4) is 6.07 Å². The molecule has 2 rings (SSSR count). The van der Waals surface area contributed by atoms with E-state index >= 15 is 0 Å². The predicted octanol–water partition coefficient (Wildman–Crippen LogP) is 2.88. The molecule has 0 spiro atoms. The molecule has 0 fully saturated rings. The molecule has 1 aromatic heterocycles. The average Bonchev–Trinajstić information content (AvgIpc) is 2.73. The van der Waals surface area contributed by atoms with Crippen LogP contribution in [0.5, 0.6) is 0 Å². The number of hydrogen-bond donors (Lipinski definition) is 0. The lowest BCUT2D eigenvalue weighted by Gasteiger charge is -2.24. The number of benzene rings is 1. The lowest BCUT2D eigenvalue weighted by molar-refractivity contribution is 0.0839. The van der Waals surface area contributed by atoms with Crippen molar-refractivity contribution in [3.05, 3.63) is 29.5 Å². The molecule has 0 aliphatic heterocycles. The van der Waals surface area contributed by atoms with Gasteiger partial charge < -0.3 is 4.74 Å². The molecule has 0 radical (unpaired) electrons. The molecule has 0 unspecified atom stereocenters. The van der Waals surface area contributed by atoms with Crippen molar-refractivity contribution in [2.24, 2.45) is 0 Å². The summed E-state index contributed by atoms with van der Waals surface area (Å²) in [4.78, 5) is 0. The molecule has 0 aliphatic rings. The first-order chi connectivity index (χ1) is 9.42. The van der Waals surface area contributed by atoms with E-state index in [1.54, 1.807) is 4.68 Å². The molecule has 1 aromatic carbocycles. The third-order valence-corrected chi connectivity index (χ3v) is 4.52. The van der Waals surface area contributed by atoms with E-state index in [1.807, 2.05) is 25.1 Å². The highest BCUT2D eigenvalue weighted by molar-refractivity contribution is 8.32. The maximum atomic E-state index is 9.15. The van der Waals surface area contributed by atoms with Crippen LogP contribution in [-0.4, -0.2) is 40.9 Å². The SMILES string of the molecule is Cc1cccc2c(C#N)nn(COCCS(C)(C)C)c12. The number of nitrogens with zero attached hydrogens (tertiary/aromatic N) is 3. The lowest BCUT2D eigenvalue weighted by atomic mass is 10.1. The maximum Gasteiger partial charge on any atom is 0.170 e. The van der Waals surface area contributed by atoms with Crippen LogP contribution in [0.3, 0.4) is 0 Å². The Balaban J connectivity index is 2.17. The van der Waals surface area contributed by atoms with E-state index in [2.05, 4.69) is 29.9 Å². The number of aromatic nitrogens is 2. The molecular formula is C15H21N3OS. The van der Waals surface area contributed by atoms with Gasteiger partial charge in [-0.15, -0.1) is 0 Å². The number of rotatable bonds is 5. The fourth-order valence-electron chi connectivity index (χ4n) is 2.05. The molecule has 1 heterocycles. The summed E-state index contributed by atoms with van der Waals surface area (Å²) >= 11 is 0. The Morgan fingerprint density at radius 3 is 2.75 bits per heavy atom. The largest absolute Gasteiger partial charge is 0.358 e. The predicted molar refractivity (Wildman–Crippen MR) is 85.4 cm³/mol. The van der Waals surface area contributed by atoms with Crippen molar-refractivity contribution >= 4 is 20.9 Å². The van der Waals surface area contributed by atoms with Crippen molar-refractivity contribution in [1.29, 1.82) is 5.26 Å². The van der Waals surface area contributed by atoms with E-state index < -0.39 is 10.0 Å². The van der Waals surface area contributed by atoms with E-state index in [9.17, 15) is 0 Å². The average molecular weight is 291 g/mol. The minimum atomic E-state index is -0.536. The zero-order chi connectivity index (χ0) is 14.8. The number of nitriles is 1. The molecule has 4 nitrogen and oxygen atoms in total. The van der Waals surface area contributed by atoms with Gasteiger partial charge in [0, 0.05) is 11.1 Å². The van der Waals surface area contributed by atoms with Gasteiger partial charge in [-0.05, 0) is 37.3 Å². The molecule has 5 heteroatoms. The van der Waals surface area contributed by atoms with E-state index in [-0.39, 0.29) is 0 Å². The molecule has 0 aliphatic carbocycles. The molecule has 0 bridgehead atoms. The first kappa shape index (κ1) is 14.9. The second kappa shape index (κ2) is 5.86. The Labute approximate surface area is 121 Å². The zero-order valence-electron chi connectivity index (χ0n) is 12.5. The highest BCUT2D eigenvalue weighted by Gasteiger charge is 2.12. The Morgan fingerprint density at radius 2 is 2.10 bits per heavy atom. The molecular weight excluding hydrogens is 270 g/mol. The minimum absolute atomic E-state index is 0.401. The van der Waals surface area contributed by atoms with Crippen LogP contribution >= 0.6 is 10.0 Å². The van der Waals surface area contributed by atoms with Crippen LogP contribution in [0.1, 0.15) is 11.3 Å². The molecule has 0 atom stereocenters. The van der Waals surface area contributed by atoms with Crippen molar-refractivity contribution in [3.63, 3.8) is 0 Å². The molecule has 20 heavy (non-hydrogen) atoms. The highest BCUT2D eigenvalue weighted by Crippen LogP contribution is 2.33. The topological polar surface area (TPSA) is 50.8 Å². The van der Waals surface area contributed by atoms with Gasteiger partial charge in [-0.1, -0.05) is 12.1 Å². The van der Waals surface area contributed by atoms with Gasteiger partial charge in [-0.3, -0.25) is 0 Å². The van der Waals surface area contributed by atoms with Gasteiger partial charge in [0.25, 0.3) is 0 Å². The van der Waals surface area contributed by atoms with Crippen molar-refractivity contribution < 1.29 is 4.74 Å². The fraction of sp³-hybridized carbons (Fsp3) is 0.467. The number of ether oxygens (including phenoxy) is 1. The van der Waals surface area contributed by atoms with Crippen LogP contribution in [0.15, 0.2) is 18.2 Å². The quantitative estimate of drug-likeness (QED) is 0.796. The maximum absolute atomic E-state index is 9.15. The first-order valence-electron chi connectivity index (χ1n) is 6.52. The summed E-state index contributed by atoms with van der Waals surface area (Å²) in [6.45, 7) is 3.16. The van der Waals surface area contributed by atoms with Gasteiger partial charge in [-0.2, -0.15) is 10.4 Å². The highest BCUT2D eigenvalue weighted by atomic mass is 32.3. The minimum Gasteiger partial charge on any atom is -0.358 e. The molecule has 0 saturated heterocycles. The third kappa shape index (κ3) is 3.33. The Morgan fingerprint density at radius 1 is 1.35 bits per heavy atom. The summed E-state index contributed by atoms with van der Waals surface area (Å²) in [6.07, 6.45) is 6.83. The zero-order valence-corrected chi connectivity index (χ0v) is 13.3. The molecule has 0 saturated carbocycles. The van der Waals surface area contributed by atoms with Crippen LogP contribution in [0.25, 0.3) is 10.9 Å². The summed E-state index contributed by atoms with van der Waals surface area (Å²) in [5.41, 5.74) is 2.57. The van der Waals surface area contributed by atoms with Gasteiger partial charge in [0.2, 0.25) is 0 Å². The van der Waals surface area contributed by atoms with E-state index in [1.165, 1.54) is 0 Å². The van der Waals surface area contributed by atoms with Crippen LogP contribution < -0.4 is 0 Å². The van der Waals surface area contributed by atoms with Gasteiger partial charge in [0.05, 0.1) is 12.1 Å². The van der Waals surface area contributed by atoms with E-state index in [0.29, 0.717) is 12.4 Å². The second-order valence-corrected chi connectivity index (χ2v) is 10.4. The Bertz CT molecular complexity index is 649. The summed E-state index contributed by atoms with van der Waals surface area (Å²) in [5, 5.41) is 14.4. The summed E-state index contributed by atoms with van der Waals surface area (Å²) in [7, 11) is -0.536. The van der Waals surface area contributed by atoms with Crippen molar-refractivity contribution in [1.82, 2.24) is 9.78 Å². The van der Waals surface area contributed by atoms with Crippen LogP contribution in [0.4, 0.5) is 0 Å². The van der Waals surface area contributed by atoms with E-state index in [0.717, 1.165) is 28.8 Å². The number of hydrogen-bond acceptors (Lipinski definition) is 3. The molecule has 2 aromatic rings. The van der Waals surface area contributed by atoms with Crippen molar-refractivity contribution in [2.75, 3.05) is 31.1 Å². The number of fused-ring (bicyclic) bond motifs is 1. The molecule has 108 valence electrons. The van der Waals surface area contributed by atoms with E-state index in [4.69, 9.17) is 10.00 Å². The summed E-state index contributed by atoms with van der Waals surface area (Å²) in [6, 6.07) is 8.06. The molecule has 0 N–H and O–H groups in total. The first-order valence-corrected chi connectivity index (χ1v) is 9.55. The normalized spacial score (nSPS) is 12.6. The Hall–Kier alpha value is -1.51. The number of para-hydroxylation sites is 1. The smallest absolute Gasteiger partial charge is 0.170 e. The van der Waals surface area contributed by atoms with Crippen LogP contribution in [0.2, 0.25) is 0 Å². The standard InChI is InChI=1S/C15H21N3OS/c1-12-6-5-7-13-14(10-16)17-18(15(12)13)11-19-8-9-20(2,3)4/h5-7H,8-9,11H2,1-4H3. The third-order valence-electron chi connectivity index (χ3n) is 3.13. The van der Waals surface area contributed by atoms with Gasteiger partial charge in [-0.25, -0.2) is 14.7 Å². The lowest BCUT2D eigenvalue weighted by Crippen LogP contribution is -2.11. The Kier molecular flexibility index (Phi) is 4.36. The van der Waals surface area contributed by atoms with Crippen LogP contribution in [-0.2, 0) is 11.5 Å². The second-order valence-electron chi connectivity index (χ2n) is 5.76. The van der Waals surface area contributed by atoms with Gasteiger partial charge in [0.1, 0.15) is 12.8 Å². The number of aryl methyl sites for hydroxylation is 1. The molecule has 0 amide bonds. The van der Waals surface area contributed by atoms with Gasteiger partial charge in [0.15, 0.2) is 5.69 Å². The summed E-state index contributed by atoms with van der Waals surface area (Å²) < 4.78 is 7.52. The van der Waals surface area contributed by atoms with Gasteiger partial charge >= 0.3 is 0 Å². The fourth-order valence-corrected chi connectivity index (χ4v) is 2.67. The van der Waals surface area contributed by atoms with Crippen LogP contribution in [0, 0.1) is 18.3 Å².